The van der Waals surface area contributed by atoms with Crippen LogP contribution in [-0.2, 0) is 6.42 Å². The van der Waals surface area contributed by atoms with E-state index in [1.807, 2.05) is 0 Å². The topological polar surface area (TPSA) is 12.0 Å². The van der Waals surface area contributed by atoms with Crippen molar-refractivity contribution in [2.24, 2.45) is 0 Å². The first-order valence-electron chi connectivity index (χ1n) is 5.81. The Balaban J connectivity index is 0.00000108. The van der Waals surface area contributed by atoms with Crippen molar-refractivity contribution in [1.29, 1.82) is 0 Å². The van der Waals surface area contributed by atoms with Gasteiger partial charge in [0, 0.05) is 6.54 Å². The predicted octanol–water partition coefficient (Wildman–Crippen LogP) is 2.27. The fourth-order valence-electron chi connectivity index (χ4n) is 2.45. The van der Waals surface area contributed by atoms with E-state index < -0.39 is 0 Å². The molecule has 0 saturated carbocycles. The van der Waals surface area contributed by atoms with Crippen molar-refractivity contribution in [3.8, 4) is 0 Å². The van der Waals surface area contributed by atoms with Crippen molar-refractivity contribution in [1.82, 2.24) is 5.32 Å². The molecule has 1 atom stereocenters. The molecule has 1 unspecified atom stereocenters. The summed E-state index contributed by atoms with van der Waals surface area (Å²) in [5, 5.41) is 3.59. The zero-order chi connectivity index (χ0) is 10.8. The molecule has 17 heavy (non-hydrogen) atoms. The molecule has 0 amide bonds. The first-order valence-corrected chi connectivity index (χ1v) is 5.81. The second-order valence-corrected chi connectivity index (χ2v) is 4.25. The molecule has 1 aliphatic rings. The third kappa shape index (κ3) is 2.89. The number of hydrogen-bond donors (Lipinski definition) is 1. The minimum Gasteiger partial charge on any atom is -0.306 e. The molecule has 0 saturated heterocycles. The Morgan fingerprint density at radius 2 is 1.59 bits per heavy atom. The molecule has 3 rings (SSSR count). The van der Waals surface area contributed by atoms with E-state index in [-0.39, 0.29) is 51.4 Å². The van der Waals surface area contributed by atoms with Crippen LogP contribution < -0.4 is 5.32 Å². The summed E-state index contributed by atoms with van der Waals surface area (Å²) in [4.78, 5) is 0. The molecule has 0 aliphatic carbocycles. The van der Waals surface area contributed by atoms with E-state index in [1.54, 1.807) is 0 Å². The maximum Gasteiger partial charge on any atom is 0.0579 e. The maximum absolute atomic E-state index is 3.59. The van der Waals surface area contributed by atoms with E-state index in [9.17, 15) is 0 Å². The van der Waals surface area contributed by atoms with Crippen molar-refractivity contribution in [3.63, 3.8) is 0 Å². The Hall–Kier alpha value is 0.0364. The molecule has 1 N–H and O–H groups in total. The summed E-state index contributed by atoms with van der Waals surface area (Å²) < 4.78 is 0. The summed E-state index contributed by atoms with van der Waals surface area (Å²) in [5.41, 5.74) is 4.27. The van der Waals surface area contributed by atoms with Crippen molar-refractivity contribution < 1.29 is 0 Å². The van der Waals surface area contributed by atoms with Crippen LogP contribution in [0.1, 0.15) is 22.7 Å². The van der Waals surface area contributed by atoms with Crippen LogP contribution in [0.2, 0.25) is 0 Å². The monoisotopic (exact) mass is 249 g/mol. The zero-order valence-electron chi connectivity index (χ0n) is 9.19. The molecule has 0 bridgehead atoms. The number of benzene rings is 2. The van der Waals surface area contributed by atoms with Crippen molar-refractivity contribution in [2.45, 2.75) is 12.5 Å². The minimum absolute atomic E-state index is 0. The van der Waals surface area contributed by atoms with Crippen LogP contribution in [-0.4, -0.2) is 57.9 Å². The van der Waals surface area contributed by atoms with Crippen molar-refractivity contribution in [3.05, 3.63) is 71.3 Å². The summed E-state index contributed by atoms with van der Waals surface area (Å²) in [7, 11) is 0. The van der Waals surface area contributed by atoms with E-state index >= 15 is 0 Å². The van der Waals surface area contributed by atoms with Crippen LogP contribution >= 0.6 is 0 Å². The van der Waals surface area contributed by atoms with Crippen LogP contribution in [0.3, 0.4) is 0 Å². The Bertz CT molecular complexity index is 481. The third-order valence-electron chi connectivity index (χ3n) is 3.24. The van der Waals surface area contributed by atoms with Gasteiger partial charge in [0.1, 0.15) is 0 Å². The van der Waals surface area contributed by atoms with Crippen LogP contribution in [0.15, 0.2) is 54.6 Å². The largest absolute Gasteiger partial charge is 0.306 e. The quantitative estimate of drug-likeness (QED) is 0.765. The molecule has 1 nitrogen and oxygen atoms in total. The molecule has 2 aromatic rings. The molecule has 2 aromatic carbocycles. The van der Waals surface area contributed by atoms with Crippen LogP contribution in [0.25, 0.3) is 0 Å². The van der Waals surface area contributed by atoms with Gasteiger partial charge in [0.15, 0.2) is 0 Å². The number of hydrogen-bond acceptors (Lipinski definition) is 1. The second kappa shape index (κ2) is 6.28. The van der Waals surface area contributed by atoms with E-state index in [0.29, 0.717) is 6.04 Å². The zero-order valence-corrected chi connectivity index (χ0v) is 9.19. The second-order valence-electron chi connectivity index (χ2n) is 4.25. The smallest absolute Gasteiger partial charge is 0.0579 e. The minimum atomic E-state index is 0. The van der Waals surface area contributed by atoms with E-state index in [1.165, 1.54) is 16.7 Å². The van der Waals surface area contributed by atoms with Crippen molar-refractivity contribution in [2.75, 3.05) is 6.54 Å². The Morgan fingerprint density at radius 1 is 0.882 bits per heavy atom. The van der Waals surface area contributed by atoms with Gasteiger partial charge in [-0.25, -0.2) is 0 Å². The fraction of sp³-hybridized carbons (Fsp3) is 0.200. The average Bonchev–Trinajstić information content (AvgIpc) is 2.39. The first kappa shape index (κ1) is 13.5. The average molecular weight is 249 g/mol. The summed E-state index contributed by atoms with van der Waals surface area (Å²) in [6, 6.07) is 19.8. The first-order chi connectivity index (χ1) is 7.95. The molecular weight excluding hydrogens is 233 g/mol. The van der Waals surface area contributed by atoms with Crippen LogP contribution in [0.5, 0.6) is 0 Å². The molecule has 0 aromatic heterocycles. The van der Waals surface area contributed by atoms with E-state index in [4.69, 9.17) is 0 Å². The van der Waals surface area contributed by atoms with Gasteiger partial charge in [0.25, 0.3) is 0 Å². The van der Waals surface area contributed by atoms with Gasteiger partial charge >= 0.3 is 51.4 Å². The van der Waals surface area contributed by atoms with Crippen LogP contribution in [0.4, 0.5) is 0 Å². The van der Waals surface area contributed by atoms with Gasteiger partial charge in [0.2, 0.25) is 0 Å². The number of rotatable bonds is 1. The van der Waals surface area contributed by atoms with Gasteiger partial charge in [0.05, 0.1) is 6.04 Å². The SMILES string of the molecule is [KH].c1ccc(C2NCCc3ccccc32)cc1. The predicted molar refractivity (Wildman–Crippen MR) is 73.6 cm³/mol. The molecule has 1 aliphatic heterocycles. The van der Waals surface area contributed by atoms with Gasteiger partial charge < -0.3 is 5.32 Å². The van der Waals surface area contributed by atoms with E-state index in [0.717, 1.165) is 13.0 Å². The van der Waals surface area contributed by atoms with E-state index in [2.05, 4.69) is 59.9 Å². The van der Waals surface area contributed by atoms with Gasteiger partial charge in [-0.15, -0.1) is 0 Å². The Kier molecular flexibility index (Phi) is 4.97. The standard InChI is InChI=1S/C15H15N.K.H/c1-2-7-13(8-3-1)15-14-9-5-4-6-12(14)10-11-16-15;;/h1-9,15-16H,10-11H2;;. The summed E-state index contributed by atoms with van der Waals surface area (Å²) >= 11 is 0. The molecule has 0 fully saturated rings. The molecule has 2 heteroatoms. The fourth-order valence-corrected chi connectivity index (χ4v) is 2.45. The Morgan fingerprint density at radius 3 is 2.41 bits per heavy atom. The molecule has 1 heterocycles. The normalized spacial score (nSPS) is 18.0. The number of fused-ring (bicyclic) bond motifs is 1. The summed E-state index contributed by atoms with van der Waals surface area (Å²) in [5.74, 6) is 0. The number of nitrogens with one attached hydrogen (secondary N) is 1. The van der Waals surface area contributed by atoms with Gasteiger partial charge in [-0.1, -0.05) is 54.6 Å². The van der Waals surface area contributed by atoms with Gasteiger partial charge in [-0.3, -0.25) is 0 Å². The molecule has 82 valence electrons. The molecule has 0 radical (unpaired) electrons. The summed E-state index contributed by atoms with van der Waals surface area (Å²) in [6.07, 6.45) is 1.14. The molecular formula is C15H16KN. The van der Waals surface area contributed by atoms with Gasteiger partial charge in [-0.05, 0) is 23.1 Å². The van der Waals surface area contributed by atoms with Gasteiger partial charge in [-0.2, -0.15) is 0 Å². The molecule has 0 spiro atoms. The van der Waals surface area contributed by atoms with Crippen molar-refractivity contribution >= 4 is 51.4 Å². The maximum atomic E-state index is 3.59. The summed E-state index contributed by atoms with van der Waals surface area (Å²) in [6.45, 7) is 1.07. The third-order valence-corrected chi connectivity index (χ3v) is 3.24. The Labute approximate surface area is 145 Å². The van der Waals surface area contributed by atoms with Crippen LogP contribution in [0, 0.1) is 0 Å².